The number of rotatable bonds is 10. The topological polar surface area (TPSA) is 41.3 Å². The molecule has 0 fully saturated rings. The predicted octanol–water partition coefficient (Wildman–Crippen LogP) is 2.82. The van der Waals surface area contributed by atoms with Crippen LogP contribution in [-0.4, -0.2) is 29.7 Å². The average Bonchev–Trinajstić information content (AvgIpc) is 2.77. The molecule has 108 valence electrons. The van der Waals surface area contributed by atoms with E-state index in [1.807, 2.05) is 12.1 Å². The van der Waals surface area contributed by atoms with Crippen molar-refractivity contribution in [1.82, 2.24) is 15.4 Å². The van der Waals surface area contributed by atoms with E-state index in [0.29, 0.717) is 5.92 Å². The molecule has 0 aliphatic rings. The summed E-state index contributed by atoms with van der Waals surface area (Å²) in [6, 6.07) is 2.04. The van der Waals surface area contributed by atoms with E-state index < -0.39 is 0 Å². The molecule has 19 heavy (non-hydrogen) atoms. The van der Waals surface area contributed by atoms with Gasteiger partial charge in [-0.05, 0) is 25.4 Å². The van der Waals surface area contributed by atoms with Crippen molar-refractivity contribution in [2.75, 3.05) is 19.6 Å². The lowest BCUT2D eigenvalue weighted by atomic mass is 10.2. The van der Waals surface area contributed by atoms with Gasteiger partial charge in [0.15, 0.2) is 5.76 Å². The highest BCUT2D eigenvalue weighted by Crippen LogP contribution is 2.08. The molecule has 1 aromatic rings. The van der Waals surface area contributed by atoms with Gasteiger partial charge in [-0.1, -0.05) is 32.0 Å². The highest BCUT2D eigenvalue weighted by atomic mass is 16.5. The van der Waals surface area contributed by atoms with E-state index in [4.69, 9.17) is 4.52 Å². The van der Waals surface area contributed by atoms with Gasteiger partial charge in [-0.3, -0.25) is 4.90 Å². The molecule has 0 bridgehead atoms. The van der Waals surface area contributed by atoms with Crippen LogP contribution in [0.3, 0.4) is 0 Å². The first-order chi connectivity index (χ1) is 9.15. The Labute approximate surface area is 116 Å². The number of nitrogens with one attached hydrogen (secondary N) is 1. The summed E-state index contributed by atoms with van der Waals surface area (Å²) in [6.45, 7) is 14.9. The molecule has 0 spiro atoms. The Balaban J connectivity index is 2.41. The van der Waals surface area contributed by atoms with Crippen molar-refractivity contribution in [3.63, 3.8) is 0 Å². The second-order valence-electron chi connectivity index (χ2n) is 5.33. The van der Waals surface area contributed by atoms with Crippen LogP contribution in [0.2, 0.25) is 0 Å². The second kappa shape index (κ2) is 8.88. The molecule has 4 nitrogen and oxygen atoms in total. The fraction of sp³-hybridized carbons (Fsp3) is 0.667. The van der Waals surface area contributed by atoms with Crippen LogP contribution in [0.1, 0.15) is 38.6 Å². The van der Waals surface area contributed by atoms with Gasteiger partial charge in [0.25, 0.3) is 0 Å². The molecule has 0 saturated carbocycles. The normalized spacial score (nSPS) is 11.4. The van der Waals surface area contributed by atoms with Crippen LogP contribution < -0.4 is 5.32 Å². The maximum Gasteiger partial charge on any atom is 0.151 e. The third-order valence-electron chi connectivity index (χ3n) is 2.77. The number of aromatic nitrogens is 1. The molecule has 0 aliphatic carbocycles. The highest BCUT2D eigenvalue weighted by Gasteiger charge is 2.09. The second-order valence-corrected chi connectivity index (χ2v) is 5.33. The summed E-state index contributed by atoms with van der Waals surface area (Å²) < 4.78 is 5.38. The van der Waals surface area contributed by atoms with Crippen molar-refractivity contribution < 1.29 is 4.52 Å². The van der Waals surface area contributed by atoms with Gasteiger partial charge in [0, 0.05) is 19.2 Å². The van der Waals surface area contributed by atoms with E-state index in [9.17, 15) is 0 Å². The van der Waals surface area contributed by atoms with Gasteiger partial charge in [-0.15, -0.1) is 6.58 Å². The fourth-order valence-corrected chi connectivity index (χ4v) is 1.96. The van der Waals surface area contributed by atoms with Crippen molar-refractivity contribution in [2.24, 2.45) is 5.92 Å². The summed E-state index contributed by atoms with van der Waals surface area (Å²) in [7, 11) is 0. The molecule has 0 radical (unpaired) electrons. The number of nitrogens with zero attached hydrogens (tertiary/aromatic N) is 2. The van der Waals surface area contributed by atoms with E-state index in [0.717, 1.165) is 50.6 Å². The first-order valence-corrected chi connectivity index (χ1v) is 7.14. The van der Waals surface area contributed by atoms with Gasteiger partial charge in [0.2, 0.25) is 0 Å². The molecule has 0 unspecified atom stereocenters. The molecule has 0 atom stereocenters. The van der Waals surface area contributed by atoms with E-state index in [1.165, 1.54) is 0 Å². The standard InChI is InChI=1S/C15H27N3O/c1-5-7-18(8-6-2)12-15-9-14(17-19-15)11-16-10-13(3)4/h5,9,13,16H,1,6-8,10-12H2,2-4H3. The van der Waals surface area contributed by atoms with Crippen LogP contribution in [0.25, 0.3) is 0 Å². The lowest BCUT2D eigenvalue weighted by Crippen LogP contribution is -2.23. The van der Waals surface area contributed by atoms with Crippen LogP contribution in [0.4, 0.5) is 0 Å². The zero-order valence-corrected chi connectivity index (χ0v) is 12.5. The molecule has 1 heterocycles. The largest absolute Gasteiger partial charge is 0.360 e. The number of hydrogen-bond acceptors (Lipinski definition) is 4. The van der Waals surface area contributed by atoms with Gasteiger partial charge < -0.3 is 9.84 Å². The first-order valence-electron chi connectivity index (χ1n) is 7.14. The third kappa shape index (κ3) is 6.55. The molecule has 1 N–H and O–H groups in total. The van der Waals surface area contributed by atoms with Crippen molar-refractivity contribution in [3.8, 4) is 0 Å². The van der Waals surface area contributed by atoms with Gasteiger partial charge in [0.1, 0.15) is 0 Å². The molecule has 0 amide bonds. The highest BCUT2D eigenvalue weighted by molar-refractivity contribution is 5.05. The lowest BCUT2D eigenvalue weighted by molar-refractivity contribution is 0.251. The number of hydrogen-bond donors (Lipinski definition) is 1. The summed E-state index contributed by atoms with van der Waals surface area (Å²) in [5.74, 6) is 1.58. The molecule has 0 saturated heterocycles. The molecule has 1 aromatic heterocycles. The van der Waals surface area contributed by atoms with Crippen molar-refractivity contribution >= 4 is 0 Å². The lowest BCUT2D eigenvalue weighted by Gasteiger charge is -2.17. The Bertz CT molecular complexity index is 360. The van der Waals surface area contributed by atoms with Gasteiger partial charge in [-0.2, -0.15) is 0 Å². The Morgan fingerprint density at radius 2 is 2.32 bits per heavy atom. The molecule has 4 heteroatoms. The van der Waals surface area contributed by atoms with Crippen molar-refractivity contribution in [2.45, 2.75) is 40.3 Å². The summed E-state index contributed by atoms with van der Waals surface area (Å²) in [6.07, 6.45) is 3.06. The molecular weight excluding hydrogens is 238 g/mol. The van der Waals surface area contributed by atoms with Crippen LogP contribution in [0.15, 0.2) is 23.2 Å². The van der Waals surface area contributed by atoms with Crippen molar-refractivity contribution in [1.29, 1.82) is 0 Å². The minimum absolute atomic E-state index is 0.652. The van der Waals surface area contributed by atoms with E-state index in [2.05, 4.69) is 42.7 Å². The molecule has 1 rings (SSSR count). The minimum Gasteiger partial charge on any atom is -0.360 e. The summed E-state index contributed by atoms with van der Waals surface area (Å²) in [4.78, 5) is 2.30. The Kier molecular flexibility index (Phi) is 7.45. The quantitative estimate of drug-likeness (QED) is 0.661. The minimum atomic E-state index is 0.652. The predicted molar refractivity (Wildman–Crippen MR) is 78.8 cm³/mol. The summed E-state index contributed by atoms with van der Waals surface area (Å²) >= 11 is 0. The van der Waals surface area contributed by atoms with E-state index >= 15 is 0 Å². The molecular formula is C15H27N3O. The Morgan fingerprint density at radius 3 is 2.95 bits per heavy atom. The van der Waals surface area contributed by atoms with E-state index in [-0.39, 0.29) is 0 Å². The van der Waals surface area contributed by atoms with Crippen LogP contribution in [0.5, 0.6) is 0 Å². The van der Waals surface area contributed by atoms with Crippen molar-refractivity contribution in [3.05, 3.63) is 30.2 Å². The van der Waals surface area contributed by atoms with Gasteiger partial charge in [0.05, 0.1) is 12.2 Å². The first kappa shape index (κ1) is 15.9. The monoisotopic (exact) mass is 265 g/mol. The summed E-state index contributed by atoms with van der Waals surface area (Å²) in [5, 5.41) is 7.46. The Morgan fingerprint density at radius 1 is 1.53 bits per heavy atom. The molecule has 0 aromatic carbocycles. The van der Waals surface area contributed by atoms with E-state index in [1.54, 1.807) is 0 Å². The van der Waals surface area contributed by atoms with Gasteiger partial charge >= 0.3 is 0 Å². The average molecular weight is 265 g/mol. The Hall–Kier alpha value is -1.13. The van der Waals surface area contributed by atoms with Crippen LogP contribution >= 0.6 is 0 Å². The SMILES string of the molecule is C=CCN(CCC)Cc1cc(CNCC(C)C)no1. The third-order valence-corrected chi connectivity index (χ3v) is 2.77. The maximum atomic E-state index is 5.38. The van der Waals surface area contributed by atoms with Crippen LogP contribution in [-0.2, 0) is 13.1 Å². The zero-order chi connectivity index (χ0) is 14.1. The van der Waals surface area contributed by atoms with Crippen LogP contribution in [0, 0.1) is 5.92 Å². The smallest absolute Gasteiger partial charge is 0.151 e. The maximum absolute atomic E-state index is 5.38. The molecule has 0 aliphatic heterocycles. The van der Waals surface area contributed by atoms with Gasteiger partial charge in [-0.25, -0.2) is 0 Å². The summed E-state index contributed by atoms with van der Waals surface area (Å²) in [5.41, 5.74) is 0.978. The fourth-order valence-electron chi connectivity index (χ4n) is 1.96. The zero-order valence-electron chi connectivity index (χ0n) is 12.5.